The molecular weight excluding hydrogens is 449 g/mol. The standard InChI is InChI=1S/C27H28FN3O2S/c1-7-30-23-13-22(28)18(11-20(23)17(4)14-27(30,5)6)12-21-24(32)29-26(34)31(25(21)33)19-9-8-15(2)16(3)10-19/h8-14H,7H2,1-6H3,(H,29,32,34)/b21-12-. The third-order valence-corrected chi connectivity index (χ3v) is 6.85. The summed E-state index contributed by atoms with van der Waals surface area (Å²) in [5.41, 5.74) is 5.05. The third kappa shape index (κ3) is 3.94. The van der Waals surface area contributed by atoms with E-state index in [0.717, 1.165) is 28.0 Å². The summed E-state index contributed by atoms with van der Waals surface area (Å²) in [6, 6.07) is 8.69. The highest BCUT2D eigenvalue weighted by Crippen LogP contribution is 2.40. The van der Waals surface area contributed by atoms with E-state index < -0.39 is 17.6 Å². The number of rotatable bonds is 3. The molecule has 0 aliphatic carbocycles. The van der Waals surface area contributed by atoms with Crippen molar-refractivity contribution in [2.75, 3.05) is 16.3 Å². The molecule has 1 saturated heterocycles. The Balaban J connectivity index is 1.80. The number of likely N-dealkylation sites (N-methyl/N-ethyl adjacent to an activating group) is 1. The van der Waals surface area contributed by atoms with Crippen LogP contribution in [-0.4, -0.2) is 29.0 Å². The van der Waals surface area contributed by atoms with Crippen molar-refractivity contribution < 1.29 is 14.0 Å². The first-order valence-corrected chi connectivity index (χ1v) is 11.6. The number of hydrogen-bond acceptors (Lipinski definition) is 4. The SMILES string of the molecule is CCN1c2cc(F)c(/C=C3/C(=O)NC(=S)N(c4ccc(C)c(C)c4)C3=O)cc2C(C)=CC1(C)C. The Hall–Kier alpha value is -3.32. The Kier molecular flexibility index (Phi) is 5.94. The van der Waals surface area contributed by atoms with Crippen LogP contribution < -0.4 is 15.1 Å². The van der Waals surface area contributed by atoms with Gasteiger partial charge in [-0.05, 0) is 101 Å². The molecule has 5 nitrogen and oxygen atoms in total. The molecular formula is C27H28FN3O2S. The lowest BCUT2D eigenvalue weighted by Crippen LogP contribution is -2.54. The van der Waals surface area contributed by atoms with Crippen LogP contribution >= 0.6 is 12.2 Å². The molecule has 0 radical (unpaired) electrons. The van der Waals surface area contributed by atoms with Gasteiger partial charge in [-0.15, -0.1) is 0 Å². The molecule has 0 aromatic heterocycles. The number of anilines is 2. The zero-order chi connectivity index (χ0) is 24.9. The van der Waals surface area contributed by atoms with E-state index in [4.69, 9.17) is 12.2 Å². The summed E-state index contributed by atoms with van der Waals surface area (Å²) in [6.45, 7) is 12.8. The lowest BCUT2D eigenvalue weighted by Gasteiger charge is -2.43. The van der Waals surface area contributed by atoms with E-state index in [1.165, 1.54) is 17.0 Å². The Labute approximate surface area is 204 Å². The second kappa shape index (κ2) is 8.47. The molecule has 2 amide bonds. The van der Waals surface area contributed by atoms with Gasteiger partial charge in [-0.25, -0.2) is 4.39 Å². The van der Waals surface area contributed by atoms with Crippen LogP contribution in [0.3, 0.4) is 0 Å². The fourth-order valence-corrected chi connectivity index (χ4v) is 5.00. The number of carbonyl (C=O) groups is 2. The van der Waals surface area contributed by atoms with Crippen LogP contribution in [0.15, 0.2) is 42.0 Å². The molecule has 1 fully saturated rings. The molecule has 2 aromatic rings. The molecule has 1 N–H and O–H groups in total. The van der Waals surface area contributed by atoms with E-state index in [1.807, 2.05) is 39.8 Å². The maximum Gasteiger partial charge on any atom is 0.270 e. The fourth-order valence-electron chi connectivity index (χ4n) is 4.72. The van der Waals surface area contributed by atoms with Crippen LogP contribution in [0, 0.1) is 19.7 Å². The lowest BCUT2D eigenvalue weighted by molar-refractivity contribution is -0.122. The van der Waals surface area contributed by atoms with E-state index in [0.29, 0.717) is 12.2 Å². The number of allylic oxidation sites excluding steroid dienone is 1. The molecule has 0 atom stereocenters. The van der Waals surface area contributed by atoms with Crippen molar-refractivity contribution in [1.29, 1.82) is 0 Å². The highest BCUT2D eigenvalue weighted by molar-refractivity contribution is 7.80. The van der Waals surface area contributed by atoms with E-state index >= 15 is 4.39 Å². The first-order chi connectivity index (χ1) is 15.9. The summed E-state index contributed by atoms with van der Waals surface area (Å²) in [5.74, 6) is -1.73. The first-order valence-electron chi connectivity index (χ1n) is 11.2. The topological polar surface area (TPSA) is 52.7 Å². The minimum atomic E-state index is -0.643. The first kappa shape index (κ1) is 23.8. The molecule has 176 valence electrons. The van der Waals surface area contributed by atoms with Crippen molar-refractivity contribution in [1.82, 2.24) is 5.32 Å². The van der Waals surface area contributed by atoms with Crippen LogP contribution in [0.5, 0.6) is 0 Å². The smallest absolute Gasteiger partial charge is 0.270 e. The lowest BCUT2D eigenvalue weighted by atomic mass is 9.87. The van der Waals surface area contributed by atoms with Crippen molar-refractivity contribution in [3.05, 3.63) is 70.1 Å². The van der Waals surface area contributed by atoms with Crippen molar-refractivity contribution in [3.8, 4) is 0 Å². The summed E-state index contributed by atoms with van der Waals surface area (Å²) in [7, 11) is 0. The van der Waals surface area contributed by atoms with Gasteiger partial charge in [0.25, 0.3) is 11.8 Å². The van der Waals surface area contributed by atoms with Gasteiger partial charge in [0.05, 0.1) is 11.2 Å². The highest BCUT2D eigenvalue weighted by atomic mass is 32.1. The minimum absolute atomic E-state index is 0.000845. The number of carbonyl (C=O) groups excluding carboxylic acids is 2. The molecule has 0 unspecified atom stereocenters. The van der Waals surface area contributed by atoms with E-state index in [-0.39, 0.29) is 21.8 Å². The number of benzene rings is 2. The van der Waals surface area contributed by atoms with Crippen LogP contribution in [0.1, 0.15) is 49.9 Å². The number of nitrogens with zero attached hydrogens (tertiary/aromatic N) is 2. The van der Waals surface area contributed by atoms with E-state index in [9.17, 15) is 9.59 Å². The van der Waals surface area contributed by atoms with Crippen LogP contribution in [-0.2, 0) is 9.59 Å². The molecule has 4 rings (SSSR count). The summed E-state index contributed by atoms with van der Waals surface area (Å²) in [4.78, 5) is 29.5. The molecule has 34 heavy (non-hydrogen) atoms. The molecule has 0 saturated carbocycles. The molecule has 2 aromatic carbocycles. The van der Waals surface area contributed by atoms with Gasteiger partial charge < -0.3 is 4.90 Å². The predicted octanol–water partition coefficient (Wildman–Crippen LogP) is 5.30. The van der Waals surface area contributed by atoms with Crippen molar-refractivity contribution >= 4 is 52.2 Å². The summed E-state index contributed by atoms with van der Waals surface area (Å²) in [5, 5.41) is 2.57. The van der Waals surface area contributed by atoms with E-state index in [1.54, 1.807) is 12.1 Å². The van der Waals surface area contributed by atoms with Crippen molar-refractivity contribution in [3.63, 3.8) is 0 Å². The molecule has 2 aliphatic rings. The van der Waals surface area contributed by atoms with Crippen molar-refractivity contribution in [2.45, 2.75) is 47.1 Å². The number of hydrogen-bond donors (Lipinski definition) is 1. The molecule has 2 heterocycles. The summed E-state index contributed by atoms with van der Waals surface area (Å²) in [6.07, 6.45) is 3.46. The Bertz CT molecular complexity index is 1310. The number of fused-ring (bicyclic) bond motifs is 1. The molecule has 0 bridgehead atoms. The number of thiocarbonyl (C=S) groups is 1. The maximum atomic E-state index is 15.3. The number of amides is 2. The zero-order valence-electron chi connectivity index (χ0n) is 20.2. The predicted molar refractivity (Wildman–Crippen MR) is 139 cm³/mol. The Morgan fingerprint density at radius 1 is 1.09 bits per heavy atom. The average Bonchev–Trinajstić information content (AvgIpc) is 2.73. The molecule has 2 aliphatic heterocycles. The number of halogens is 1. The third-order valence-electron chi connectivity index (χ3n) is 6.56. The van der Waals surface area contributed by atoms with Gasteiger partial charge in [-0.2, -0.15) is 0 Å². The largest absolute Gasteiger partial charge is 0.363 e. The second-order valence-corrected chi connectivity index (χ2v) is 9.73. The summed E-state index contributed by atoms with van der Waals surface area (Å²) >= 11 is 5.28. The van der Waals surface area contributed by atoms with Gasteiger partial charge in [0.15, 0.2) is 5.11 Å². The van der Waals surface area contributed by atoms with Gasteiger partial charge in [0.2, 0.25) is 0 Å². The summed E-state index contributed by atoms with van der Waals surface area (Å²) < 4.78 is 15.3. The monoisotopic (exact) mass is 477 g/mol. The molecule has 0 spiro atoms. The Morgan fingerprint density at radius 3 is 2.44 bits per heavy atom. The van der Waals surface area contributed by atoms with Crippen LogP contribution in [0.25, 0.3) is 11.6 Å². The fraction of sp³-hybridized carbons (Fsp3) is 0.296. The second-order valence-electron chi connectivity index (χ2n) is 9.34. The number of aryl methyl sites for hydroxylation is 2. The van der Waals surface area contributed by atoms with Crippen LogP contribution in [0.2, 0.25) is 0 Å². The molecule has 7 heteroatoms. The van der Waals surface area contributed by atoms with E-state index in [2.05, 4.69) is 30.1 Å². The quantitative estimate of drug-likeness (QED) is 0.371. The van der Waals surface area contributed by atoms with Gasteiger partial charge in [0.1, 0.15) is 11.4 Å². The van der Waals surface area contributed by atoms with Gasteiger partial charge in [0, 0.05) is 23.4 Å². The van der Waals surface area contributed by atoms with Gasteiger partial charge in [-0.1, -0.05) is 12.1 Å². The van der Waals surface area contributed by atoms with Crippen molar-refractivity contribution in [2.24, 2.45) is 0 Å². The zero-order valence-corrected chi connectivity index (χ0v) is 21.1. The Morgan fingerprint density at radius 2 is 1.79 bits per heavy atom. The highest BCUT2D eigenvalue weighted by Gasteiger charge is 2.35. The van der Waals surface area contributed by atoms with Gasteiger partial charge in [-0.3, -0.25) is 19.8 Å². The van der Waals surface area contributed by atoms with Gasteiger partial charge >= 0.3 is 0 Å². The maximum absolute atomic E-state index is 15.3. The minimum Gasteiger partial charge on any atom is -0.363 e. The number of nitrogens with one attached hydrogen (secondary N) is 1. The van der Waals surface area contributed by atoms with Crippen LogP contribution in [0.4, 0.5) is 15.8 Å². The normalized spacial score (nSPS) is 18.7. The average molecular weight is 478 g/mol.